The molecule has 0 spiro atoms. The Balaban J connectivity index is 1.62. The molecule has 1 N–H and O–H groups in total. The zero-order valence-electron chi connectivity index (χ0n) is 14.6. The topological polar surface area (TPSA) is 96.4 Å². The smallest absolute Gasteiger partial charge is 0.306 e. The van der Waals surface area contributed by atoms with E-state index in [1.54, 1.807) is 28.9 Å². The molecule has 0 unspecified atom stereocenters. The number of hydrogen-bond acceptors (Lipinski definition) is 5. The standard InChI is InChI=1S/C18H22N2O6/c1-12-18(24)20(14-4-2-3-5-15(14)26-12)7-6-16(21)19-8-9-25-13(11-19)10-17(22)23/h2-5,12-13H,6-11H2,1H3,(H,22,23)/t12-,13+/m0/s1. The molecule has 0 aromatic heterocycles. The van der Waals surface area contributed by atoms with Gasteiger partial charge in [-0.3, -0.25) is 14.4 Å². The minimum Gasteiger partial charge on any atom is -0.481 e. The van der Waals surface area contributed by atoms with E-state index in [9.17, 15) is 14.4 Å². The third kappa shape index (κ3) is 3.96. The van der Waals surface area contributed by atoms with E-state index in [0.29, 0.717) is 24.6 Å². The number of carbonyl (C=O) groups is 3. The Morgan fingerprint density at radius 1 is 1.31 bits per heavy atom. The van der Waals surface area contributed by atoms with Gasteiger partial charge >= 0.3 is 5.97 Å². The maximum atomic E-state index is 12.5. The second-order valence-electron chi connectivity index (χ2n) is 6.40. The van der Waals surface area contributed by atoms with Crippen molar-refractivity contribution in [3.63, 3.8) is 0 Å². The van der Waals surface area contributed by atoms with E-state index in [4.69, 9.17) is 14.6 Å². The molecule has 2 atom stereocenters. The lowest BCUT2D eigenvalue weighted by molar-refractivity contribution is -0.147. The Bertz CT molecular complexity index is 707. The molecule has 2 aliphatic rings. The molecule has 0 bridgehead atoms. The van der Waals surface area contributed by atoms with Crippen molar-refractivity contribution >= 4 is 23.5 Å². The lowest BCUT2D eigenvalue weighted by Crippen LogP contribution is -2.49. The van der Waals surface area contributed by atoms with Crippen LogP contribution in [0, 0.1) is 0 Å². The molecule has 8 nitrogen and oxygen atoms in total. The van der Waals surface area contributed by atoms with E-state index in [0.717, 1.165) is 0 Å². The largest absolute Gasteiger partial charge is 0.481 e. The van der Waals surface area contributed by atoms with E-state index >= 15 is 0 Å². The minimum absolute atomic E-state index is 0.117. The number of fused-ring (bicyclic) bond motifs is 1. The van der Waals surface area contributed by atoms with Crippen LogP contribution in [0.3, 0.4) is 0 Å². The number of aliphatic carboxylic acids is 1. The molecule has 0 saturated carbocycles. The monoisotopic (exact) mass is 362 g/mol. The van der Waals surface area contributed by atoms with Crippen LogP contribution in [0.1, 0.15) is 19.8 Å². The molecular formula is C18H22N2O6. The van der Waals surface area contributed by atoms with Crippen LogP contribution in [0.5, 0.6) is 5.75 Å². The Labute approximate surface area is 151 Å². The van der Waals surface area contributed by atoms with Gasteiger partial charge in [0.15, 0.2) is 6.10 Å². The maximum Gasteiger partial charge on any atom is 0.306 e. The lowest BCUT2D eigenvalue weighted by Gasteiger charge is -2.35. The molecule has 8 heteroatoms. The van der Waals surface area contributed by atoms with Gasteiger partial charge in [-0.05, 0) is 19.1 Å². The van der Waals surface area contributed by atoms with Crippen molar-refractivity contribution < 1.29 is 29.0 Å². The summed E-state index contributed by atoms with van der Waals surface area (Å²) in [5.41, 5.74) is 0.661. The highest BCUT2D eigenvalue weighted by Gasteiger charge is 2.32. The Hall–Kier alpha value is -2.61. The first-order chi connectivity index (χ1) is 12.5. The number of para-hydroxylation sites is 2. The van der Waals surface area contributed by atoms with E-state index in [1.807, 2.05) is 12.1 Å². The number of ether oxygens (including phenoxy) is 2. The molecule has 3 rings (SSSR count). The van der Waals surface area contributed by atoms with Gasteiger partial charge in [-0.15, -0.1) is 0 Å². The summed E-state index contributed by atoms with van der Waals surface area (Å²) in [6.45, 7) is 2.95. The lowest BCUT2D eigenvalue weighted by atomic mass is 10.1. The normalized spacial score (nSPS) is 22.6. The molecule has 1 saturated heterocycles. The highest BCUT2D eigenvalue weighted by atomic mass is 16.5. The predicted octanol–water partition coefficient (Wildman–Crippen LogP) is 0.893. The van der Waals surface area contributed by atoms with Gasteiger partial charge in [0.05, 0.1) is 24.8 Å². The van der Waals surface area contributed by atoms with E-state index < -0.39 is 18.2 Å². The number of benzene rings is 1. The molecule has 2 aliphatic heterocycles. The van der Waals surface area contributed by atoms with Crippen LogP contribution < -0.4 is 9.64 Å². The van der Waals surface area contributed by atoms with Gasteiger partial charge in [0.2, 0.25) is 5.91 Å². The first-order valence-corrected chi connectivity index (χ1v) is 8.64. The van der Waals surface area contributed by atoms with Crippen LogP contribution in [-0.2, 0) is 19.1 Å². The number of carbonyl (C=O) groups excluding carboxylic acids is 2. The van der Waals surface area contributed by atoms with Gasteiger partial charge in [-0.25, -0.2) is 0 Å². The maximum absolute atomic E-state index is 12.5. The van der Waals surface area contributed by atoms with Crippen LogP contribution >= 0.6 is 0 Å². The molecule has 140 valence electrons. The summed E-state index contributed by atoms with van der Waals surface area (Å²) in [7, 11) is 0. The van der Waals surface area contributed by atoms with Crippen LogP contribution in [0.25, 0.3) is 0 Å². The Morgan fingerprint density at radius 2 is 2.08 bits per heavy atom. The highest BCUT2D eigenvalue weighted by Crippen LogP contribution is 2.33. The summed E-state index contributed by atoms with van der Waals surface area (Å²) >= 11 is 0. The zero-order valence-corrected chi connectivity index (χ0v) is 14.6. The van der Waals surface area contributed by atoms with Crippen molar-refractivity contribution in [3.05, 3.63) is 24.3 Å². The number of carboxylic acids is 1. The number of amides is 2. The fourth-order valence-electron chi connectivity index (χ4n) is 3.22. The summed E-state index contributed by atoms with van der Waals surface area (Å²) in [6.07, 6.45) is -1.05. The molecule has 2 amide bonds. The number of morpholine rings is 1. The third-order valence-corrected chi connectivity index (χ3v) is 4.52. The Morgan fingerprint density at radius 3 is 2.85 bits per heavy atom. The number of rotatable bonds is 5. The summed E-state index contributed by atoms with van der Waals surface area (Å²) < 4.78 is 11.0. The molecule has 0 radical (unpaired) electrons. The van der Waals surface area contributed by atoms with Gasteiger partial charge in [-0.2, -0.15) is 0 Å². The van der Waals surface area contributed by atoms with Crippen molar-refractivity contribution in [3.8, 4) is 5.75 Å². The summed E-state index contributed by atoms with van der Waals surface area (Å²) in [4.78, 5) is 39.0. The molecule has 2 heterocycles. The van der Waals surface area contributed by atoms with Crippen LogP contribution in [0.2, 0.25) is 0 Å². The summed E-state index contributed by atoms with van der Waals surface area (Å²) in [5, 5.41) is 8.87. The second kappa shape index (κ2) is 7.74. The minimum atomic E-state index is -0.950. The molecular weight excluding hydrogens is 340 g/mol. The van der Waals surface area contributed by atoms with Crippen molar-refractivity contribution in [1.82, 2.24) is 4.90 Å². The van der Waals surface area contributed by atoms with Crippen LogP contribution in [0.15, 0.2) is 24.3 Å². The highest BCUT2D eigenvalue weighted by molar-refractivity contribution is 6.00. The second-order valence-corrected chi connectivity index (χ2v) is 6.40. The van der Waals surface area contributed by atoms with Gasteiger partial charge in [0, 0.05) is 26.1 Å². The van der Waals surface area contributed by atoms with Gasteiger partial charge in [-0.1, -0.05) is 12.1 Å². The fourth-order valence-corrected chi connectivity index (χ4v) is 3.22. The average molecular weight is 362 g/mol. The number of nitrogens with zero attached hydrogens (tertiary/aromatic N) is 2. The van der Waals surface area contributed by atoms with Crippen molar-refractivity contribution in [2.24, 2.45) is 0 Å². The quantitative estimate of drug-likeness (QED) is 0.836. The molecule has 0 aliphatic carbocycles. The first kappa shape index (κ1) is 18.2. The van der Waals surface area contributed by atoms with Gasteiger partial charge < -0.3 is 24.4 Å². The van der Waals surface area contributed by atoms with Crippen molar-refractivity contribution in [2.75, 3.05) is 31.1 Å². The molecule has 1 fully saturated rings. The van der Waals surface area contributed by atoms with Crippen LogP contribution in [0.4, 0.5) is 5.69 Å². The van der Waals surface area contributed by atoms with Gasteiger partial charge in [0.25, 0.3) is 5.91 Å². The van der Waals surface area contributed by atoms with E-state index in [-0.39, 0.29) is 37.7 Å². The zero-order chi connectivity index (χ0) is 18.7. The number of hydrogen-bond donors (Lipinski definition) is 1. The first-order valence-electron chi connectivity index (χ1n) is 8.64. The predicted molar refractivity (Wildman–Crippen MR) is 92.1 cm³/mol. The SMILES string of the molecule is C[C@@H]1Oc2ccccc2N(CCC(=O)N2CCO[C@H](CC(=O)O)C2)C1=O. The van der Waals surface area contributed by atoms with Gasteiger partial charge in [0.1, 0.15) is 5.75 Å². The molecule has 1 aromatic rings. The van der Waals surface area contributed by atoms with Crippen LogP contribution in [-0.4, -0.2) is 66.2 Å². The van der Waals surface area contributed by atoms with Crippen molar-refractivity contribution in [2.45, 2.75) is 32.0 Å². The fraction of sp³-hybridized carbons (Fsp3) is 0.500. The number of anilines is 1. The number of carboxylic acid groups (broad SMARTS) is 1. The molecule has 1 aromatic carbocycles. The Kier molecular flexibility index (Phi) is 5.41. The summed E-state index contributed by atoms with van der Waals surface area (Å²) in [6, 6.07) is 7.24. The summed E-state index contributed by atoms with van der Waals surface area (Å²) in [5.74, 6) is -0.621. The van der Waals surface area contributed by atoms with Crippen molar-refractivity contribution in [1.29, 1.82) is 0 Å². The van der Waals surface area contributed by atoms with E-state index in [1.165, 1.54) is 0 Å². The van der Waals surface area contributed by atoms with E-state index in [2.05, 4.69) is 0 Å². The average Bonchev–Trinajstić information content (AvgIpc) is 2.61. The molecule has 26 heavy (non-hydrogen) atoms. The third-order valence-electron chi connectivity index (χ3n) is 4.52.